The fraction of sp³-hybridized carbons (Fsp3) is 0. The van der Waals surface area contributed by atoms with Gasteiger partial charge < -0.3 is 9.32 Å². The number of nitrogens with zero attached hydrogens (tertiary/aromatic N) is 1. The average molecular weight is 790 g/mol. The van der Waals surface area contributed by atoms with Crippen LogP contribution >= 0.6 is 0 Å². The Bertz CT molecular complexity index is 3610. The molecule has 0 aliphatic carbocycles. The summed E-state index contributed by atoms with van der Waals surface area (Å²) >= 11 is 0. The average Bonchev–Trinajstić information content (AvgIpc) is 3.74. The van der Waals surface area contributed by atoms with Crippen LogP contribution in [0, 0.1) is 0 Å². The van der Waals surface area contributed by atoms with E-state index in [1.54, 1.807) is 0 Å². The molecule has 0 spiro atoms. The van der Waals surface area contributed by atoms with E-state index in [0.717, 1.165) is 50.1 Å². The van der Waals surface area contributed by atoms with Gasteiger partial charge in [-0.2, -0.15) is 0 Å². The molecule has 12 aromatic rings. The van der Waals surface area contributed by atoms with E-state index in [-0.39, 0.29) is 0 Å². The van der Waals surface area contributed by atoms with Gasteiger partial charge >= 0.3 is 0 Å². The Morgan fingerprint density at radius 1 is 0.258 bits per heavy atom. The quantitative estimate of drug-likeness (QED) is 0.150. The van der Waals surface area contributed by atoms with Gasteiger partial charge in [0.25, 0.3) is 0 Å². The Kier molecular flexibility index (Phi) is 8.53. The summed E-state index contributed by atoms with van der Waals surface area (Å²) in [4.78, 5) is 2.35. The molecule has 0 aliphatic rings. The number of hydrogen-bond acceptors (Lipinski definition) is 2. The molecular weight excluding hydrogens is 751 g/mol. The first-order valence-corrected chi connectivity index (χ1v) is 21.2. The minimum Gasteiger partial charge on any atom is -0.455 e. The first kappa shape index (κ1) is 35.7. The Morgan fingerprint density at radius 2 is 0.742 bits per heavy atom. The molecule has 62 heavy (non-hydrogen) atoms. The van der Waals surface area contributed by atoms with Crippen molar-refractivity contribution < 1.29 is 4.42 Å². The van der Waals surface area contributed by atoms with Crippen LogP contribution in [0.3, 0.4) is 0 Å². The predicted octanol–water partition coefficient (Wildman–Crippen LogP) is 17.2. The van der Waals surface area contributed by atoms with E-state index >= 15 is 0 Å². The fourth-order valence-electron chi connectivity index (χ4n) is 9.35. The Hall–Kier alpha value is -8.20. The van der Waals surface area contributed by atoms with Crippen LogP contribution < -0.4 is 4.90 Å². The molecule has 12 rings (SSSR count). The highest BCUT2D eigenvalue weighted by Gasteiger charge is 2.17. The zero-order valence-corrected chi connectivity index (χ0v) is 33.9. The maximum Gasteiger partial charge on any atom is 0.143 e. The minimum atomic E-state index is 0.905. The van der Waals surface area contributed by atoms with Gasteiger partial charge in [0, 0.05) is 33.4 Å². The largest absolute Gasteiger partial charge is 0.455 e. The summed E-state index contributed by atoms with van der Waals surface area (Å²) in [5, 5.41) is 9.84. The van der Waals surface area contributed by atoms with E-state index in [0.29, 0.717) is 0 Å². The summed E-state index contributed by atoms with van der Waals surface area (Å²) in [5.41, 5.74) is 14.4. The lowest BCUT2D eigenvalue weighted by molar-refractivity contribution is 0.670. The van der Waals surface area contributed by atoms with Crippen LogP contribution in [0.1, 0.15) is 0 Å². The maximum atomic E-state index is 6.43. The molecule has 1 aromatic heterocycles. The molecule has 0 N–H and O–H groups in total. The molecule has 0 radical (unpaired) electrons. The van der Waals surface area contributed by atoms with Crippen molar-refractivity contribution in [2.24, 2.45) is 0 Å². The van der Waals surface area contributed by atoms with Crippen LogP contribution in [-0.2, 0) is 0 Å². The topological polar surface area (TPSA) is 16.4 Å². The molecule has 2 heteroatoms. The summed E-state index contributed by atoms with van der Waals surface area (Å²) in [7, 11) is 0. The molecule has 1 heterocycles. The molecule has 11 aromatic carbocycles. The summed E-state index contributed by atoms with van der Waals surface area (Å²) < 4.78 is 6.43. The van der Waals surface area contributed by atoms with E-state index in [2.05, 4.69) is 229 Å². The van der Waals surface area contributed by atoms with Gasteiger partial charge in [0.1, 0.15) is 11.2 Å². The highest BCUT2D eigenvalue weighted by Crippen LogP contribution is 2.41. The lowest BCUT2D eigenvalue weighted by Crippen LogP contribution is -2.09. The number of para-hydroxylation sites is 2. The number of rotatable bonds is 7. The van der Waals surface area contributed by atoms with Crippen molar-refractivity contribution in [3.63, 3.8) is 0 Å². The fourth-order valence-corrected chi connectivity index (χ4v) is 9.35. The van der Waals surface area contributed by atoms with E-state index in [4.69, 9.17) is 4.42 Å². The first-order valence-electron chi connectivity index (χ1n) is 21.2. The Morgan fingerprint density at radius 3 is 1.48 bits per heavy atom. The van der Waals surface area contributed by atoms with Crippen molar-refractivity contribution in [1.82, 2.24) is 0 Å². The predicted molar refractivity (Wildman–Crippen MR) is 263 cm³/mol. The number of fused-ring (bicyclic) bond motifs is 7. The van der Waals surface area contributed by atoms with Gasteiger partial charge in [0.05, 0.1) is 0 Å². The third kappa shape index (κ3) is 6.20. The zero-order chi connectivity index (χ0) is 41.0. The molecule has 0 saturated carbocycles. The molecule has 0 bridgehead atoms. The second-order valence-corrected chi connectivity index (χ2v) is 16.1. The standard InChI is InChI=1S/C60H39NO/c1-3-15-52-42(10-1)12-8-18-54(52)47-14-7-13-45(38-47)40-24-31-49(32-25-40)61(51-35-28-44(29-36-51)56-19-9-20-58-57-17-5-6-21-59(57)62-60(56)58)50-33-26-41(27-34-50)46-30-37-55-48(39-46)23-22-43-11-2-4-16-53(43)55/h1-39H. The number of benzene rings is 11. The van der Waals surface area contributed by atoms with Crippen LogP contribution in [0.25, 0.3) is 98.8 Å². The van der Waals surface area contributed by atoms with Crippen molar-refractivity contribution in [3.8, 4) is 44.5 Å². The van der Waals surface area contributed by atoms with Crippen LogP contribution in [0.5, 0.6) is 0 Å². The molecule has 0 atom stereocenters. The van der Waals surface area contributed by atoms with Gasteiger partial charge in [-0.05, 0) is 126 Å². The van der Waals surface area contributed by atoms with Gasteiger partial charge in [0.2, 0.25) is 0 Å². The van der Waals surface area contributed by atoms with Crippen LogP contribution in [0.4, 0.5) is 17.1 Å². The van der Waals surface area contributed by atoms with E-state index in [1.165, 1.54) is 65.7 Å². The van der Waals surface area contributed by atoms with Crippen LogP contribution in [0.15, 0.2) is 241 Å². The summed E-state index contributed by atoms with van der Waals surface area (Å²) in [5.74, 6) is 0. The van der Waals surface area contributed by atoms with Crippen molar-refractivity contribution in [3.05, 3.63) is 237 Å². The lowest BCUT2D eigenvalue weighted by atomic mass is 9.95. The molecule has 0 saturated heterocycles. The highest BCUT2D eigenvalue weighted by atomic mass is 16.3. The maximum absolute atomic E-state index is 6.43. The summed E-state index contributed by atoms with van der Waals surface area (Å²) in [6.07, 6.45) is 0. The number of anilines is 3. The summed E-state index contributed by atoms with van der Waals surface area (Å²) in [6.45, 7) is 0. The third-order valence-corrected chi connectivity index (χ3v) is 12.5. The molecular formula is C60H39NO. The first-order chi connectivity index (χ1) is 30.7. The second-order valence-electron chi connectivity index (χ2n) is 16.1. The van der Waals surface area contributed by atoms with Gasteiger partial charge in [0.15, 0.2) is 0 Å². The smallest absolute Gasteiger partial charge is 0.143 e. The second kappa shape index (κ2) is 14.8. The van der Waals surface area contributed by atoms with E-state index in [1.807, 2.05) is 12.1 Å². The van der Waals surface area contributed by atoms with Crippen LogP contribution in [0.2, 0.25) is 0 Å². The SMILES string of the molecule is c1cc(-c2ccc(N(c3ccc(-c4ccc5c(ccc6ccccc65)c4)cc3)c3ccc(-c4cccc5c4oc4ccccc45)cc3)cc2)cc(-c2cccc3ccccc23)c1. The van der Waals surface area contributed by atoms with Crippen molar-refractivity contribution in [1.29, 1.82) is 0 Å². The van der Waals surface area contributed by atoms with Gasteiger partial charge in [-0.1, -0.05) is 182 Å². The van der Waals surface area contributed by atoms with Crippen molar-refractivity contribution >= 4 is 71.3 Å². The molecule has 0 fully saturated rings. The Labute approximate surface area is 360 Å². The monoisotopic (exact) mass is 789 g/mol. The van der Waals surface area contributed by atoms with Gasteiger partial charge in [-0.25, -0.2) is 0 Å². The third-order valence-electron chi connectivity index (χ3n) is 12.5. The molecule has 0 unspecified atom stereocenters. The molecule has 290 valence electrons. The van der Waals surface area contributed by atoms with Gasteiger partial charge in [-0.15, -0.1) is 0 Å². The minimum absolute atomic E-state index is 0.905. The van der Waals surface area contributed by atoms with Crippen LogP contribution in [-0.4, -0.2) is 0 Å². The number of furan rings is 1. The van der Waals surface area contributed by atoms with Crippen molar-refractivity contribution in [2.75, 3.05) is 4.90 Å². The van der Waals surface area contributed by atoms with Gasteiger partial charge in [-0.3, -0.25) is 0 Å². The van der Waals surface area contributed by atoms with E-state index < -0.39 is 0 Å². The lowest BCUT2D eigenvalue weighted by Gasteiger charge is -2.26. The normalized spacial score (nSPS) is 11.5. The molecule has 2 nitrogen and oxygen atoms in total. The molecule has 0 aliphatic heterocycles. The van der Waals surface area contributed by atoms with Crippen molar-refractivity contribution in [2.45, 2.75) is 0 Å². The zero-order valence-electron chi connectivity index (χ0n) is 33.9. The highest BCUT2D eigenvalue weighted by molar-refractivity contribution is 6.10. The Balaban J connectivity index is 0.917. The number of hydrogen-bond donors (Lipinski definition) is 0. The summed E-state index contributed by atoms with van der Waals surface area (Å²) in [6, 6.07) is 85.4. The molecule has 0 amide bonds. The van der Waals surface area contributed by atoms with E-state index in [9.17, 15) is 0 Å².